The Kier molecular flexibility index (Phi) is 5.18. The van der Waals surface area contributed by atoms with Crippen LogP contribution in [0.25, 0.3) is 0 Å². The van der Waals surface area contributed by atoms with Crippen LogP contribution in [0.3, 0.4) is 0 Å². The van der Waals surface area contributed by atoms with E-state index >= 15 is 0 Å². The number of carbonyl (C=O) groups excluding carboxylic acids is 2. The van der Waals surface area contributed by atoms with Gasteiger partial charge in [-0.3, -0.25) is 9.79 Å². The zero-order valence-corrected chi connectivity index (χ0v) is 17.3. The molecule has 0 N–H and O–H groups in total. The van der Waals surface area contributed by atoms with Crippen LogP contribution >= 0.6 is 0 Å². The van der Waals surface area contributed by atoms with E-state index in [-0.39, 0.29) is 22.9 Å². The van der Waals surface area contributed by atoms with E-state index in [1.165, 1.54) is 19.2 Å². The maximum Gasteiger partial charge on any atom is 0.336 e. The molecule has 2 atom stereocenters. The van der Waals surface area contributed by atoms with Gasteiger partial charge in [-0.1, -0.05) is 38.8 Å². The van der Waals surface area contributed by atoms with Crippen LogP contribution in [0, 0.1) is 23.1 Å². The Morgan fingerprint density at radius 2 is 1.76 bits per heavy atom. The molecule has 5 heteroatoms. The molecule has 1 aromatic rings. The van der Waals surface area contributed by atoms with E-state index in [0.29, 0.717) is 12.0 Å². The van der Waals surface area contributed by atoms with E-state index in [1.54, 1.807) is 12.1 Å². The van der Waals surface area contributed by atoms with Gasteiger partial charge in [0.2, 0.25) is 0 Å². The van der Waals surface area contributed by atoms with E-state index in [1.807, 2.05) is 0 Å². The average molecular weight is 397 g/mol. The van der Waals surface area contributed by atoms with Crippen molar-refractivity contribution in [2.45, 2.75) is 58.3 Å². The molecule has 4 nitrogen and oxygen atoms in total. The molecule has 1 aliphatic heterocycles. The predicted molar refractivity (Wildman–Crippen MR) is 109 cm³/mol. The third-order valence-electron chi connectivity index (χ3n) is 6.58. The molecular formula is C24H28FNO3. The van der Waals surface area contributed by atoms with Crippen molar-refractivity contribution in [3.05, 3.63) is 46.9 Å². The highest BCUT2D eigenvalue weighted by atomic mass is 19.1. The molecule has 1 aromatic carbocycles. The highest BCUT2D eigenvalue weighted by Gasteiger charge is 2.49. The van der Waals surface area contributed by atoms with E-state index in [9.17, 15) is 14.0 Å². The number of hydrogen-bond acceptors (Lipinski definition) is 4. The SMILES string of the molecule is COC(=O)C1=C(C2CCCC2)N=C2CC(C)(C)CC(=O)C2C1c1ccc(F)cc1. The van der Waals surface area contributed by atoms with Gasteiger partial charge in [-0.05, 0) is 42.4 Å². The zero-order valence-electron chi connectivity index (χ0n) is 17.3. The Hall–Kier alpha value is -2.30. The van der Waals surface area contributed by atoms with Crippen LogP contribution in [-0.2, 0) is 14.3 Å². The van der Waals surface area contributed by atoms with Crippen LogP contribution in [0.1, 0.15) is 63.9 Å². The molecule has 2 unspecified atom stereocenters. The lowest BCUT2D eigenvalue weighted by Crippen LogP contribution is -2.44. The summed E-state index contributed by atoms with van der Waals surface area (Å²) >= 11 is 0. The number of halogens is 1. The number of hydrogen-bond donors (Lipinski definition) is 0. The second kappa shape index (κ2) is 7.51. The summed E-state index contributed by atoms with van der Waals surface area (Å²) in [5, 5.41) is 0. The molecule has 4 rings (SSSR count). The molecule has 0 amide bonds. The average Bonchev–Trinajstić information content (AvgIpc) is 3.20. The number of nitrogens with zero attached hydrogens (tertiary/aromatic N) is 1. The van der Waals surface area contributed by atoms with Gasteiger partial charge in [0.1, 0.15) is 11.6 Å². The van der Waals surface area contributed by atoms with Crippen LogP contribution in [0.5, 0.6) is 0 Å². The highest BCUT2D eigenvalue weighted by Crippen LogP contribution is 2.49. The van der Waals surface area contributed by atoms with Crippen molar-refractivity contribution in [1.29, 1.82) is 0 Å². The molecule has 0 saturated heterocycles. The molecule has 2 fully saturated rings. The maximum atomic E-state index is 13.6. The first-order valence-electron chi connectivity index (χ1n) is 10.5. The van der Waals surface area contributed by atoms with Gasteiger partial charge in [0, 0.05) is 24.0 Å². The molecular weight excluding hydrogens is 369 g/mol. The summed E-state index contributed by atoms with van der Waals surface area (Å²) in [4.78, 5) is 31.2. The number of benzene rings is 1. The van der Waals surface area contributed by atoms with Crippen molar-refractivity contribution >= 4 is 17.5 Å². The highest BCUT2D eigenvalue weighted by molar-refractivity contribution is 6.12. The van der Waals surface area contributed by atoms with Crippen LogP contribution in [-0.4, -0.2) is 24.6 Å². The number of ketones is 1. The number of fused-ring (bicyclic) bond motifs is 1. The Morgan fingerprint density at radius 1 is 1.10 bits per heavy atom. The van der Waals surface area contributed by atoms with Crippen LogP contribution in [0.15, 0.2) is 40.5 Å². The topological polar surface area (TPSA) is 55.7 Å². The summed E-state index contributed by atoms with van der Waals surface area (Å²) in [6, 6.07) is 6.15. The molecule has 0 bridgehead atoms. The predicted octanol–water partition coefficient (Wildman–Crippen LogP) is 4.99. The van der Waals surface area contributed by atoms with Gasteiger partial charge in [0.25, 0.3) is 0 Å². The number of ether oxygens (including phenoxy) is 1. The first-order chi connectivity index (χ1) is 13.8. The van der Waals surface area contributed by atoms with E-state index in [4.69, 9.17) is 9.73 Å². The Morgan fingerprint density at radius 3 is 2.38 bits per heavy atom. The molecule has 0 radical (unpaired) electrons. The molecule has 3 aliphatic rings. The summed E-state index contributed by atoms with van der Waals surface area (Å²) < 4.78 is 18.8. The van der Waals surface area contributed by atoms with Crippen LogP contribution in [0.4, 0.5) is 4.39 Å². The fraction of sp³-hybridized carbons (Fsp3) is 0.542. The monoisotopic (exact) mass is 397 g/mol. The molecule has 1 heterocycles. The number of Topliss-reactive ketones (excluding diaryl/α,β-unsaturated/α-hetero) is 1. The van der Waals surface area contributed by atoms with Crippen molar-refractivity contribution in [2.75, 3.05) is 7.11 Å². The van der Waals surface area contributed by atoms with Gasteiger partial charge in [-0.15, -0.1) is 0 Å². The van der Waals surface area contributed by atoms with Gasteiger partial charge in [-0.25, -0.2) is 9.18 Å². The minimum Gasteiger partial charge on any atom is -0.466 e. The van der Waals surface area contributed by atoms with Crippen molar-refractivity contribution in [1.82, 2.24) is 0 Å². The van der Waals surface area contributed by atoms with E-state index < -0.39 is 17.8 Å². The van der Waals surface area contributed by atoms with Crippen molar-refractivity contribution < 1.29 is 18.7 Å². The lowest BCUT2D eigenvalue weighted by atomic mass is 9.63. The summed E-state index contributed by atoms with van der Waals surface area (Å²) in [5.41, 5.74) is 2.78. The second-order valence-electron chi connectivity index (χ2n) is 9.37. The molecule has 0 spiro atoms. The lowest BCUT2D eigenvalue weighted by molar-refractivity contribution is -0.136. The largest absolute Gasteiger partial charge is 0.466 e. The minimum atomic E-state index is -0.479. The zero-order chi connectivity index (χ0) is 20.8. The Labute approximate surface area is 171 Å². The summed E-state index contributed by atoms with van der Waals surface area (Å²) in [6.07, 6.45) is 5.38. The van der Waals surface area contributed by atoms with Gasteiger partial charge in [0.05, 0.1) is 24.3 Å². The van der Waals surface area contributed by atoms with Crippen molar-refractivity contribution in [3.8, 4) is 0 Å². The van der Waals surface area contributed by atoms with E-state index in [0.717, 1.165) is 49.1 Å². The molecule has 29 heavy (non-hydrogen) atoms. The number of carbonyl (C=O) groups is 2. The molecule has 2 saturated carbocycles. The first-order valence-corrected chi connectivity index (χ1v) is 10.5. The number of methoxy groups -OCH3 is 1. The number of rotatable bonds is 3. The van der Waals surface area contributed by atoms with Crippen LogP contribution in [0.2, 0.25) is 0 Å². The van der Waals surface area contributed by atoms with E-state index in [2.05, 4.69) is 13.8 Å². The number of allylic oxidation sites excluding steroid dienone is 1. The third-order valence-corrected chi connectivity index (χ3v) is 6.58. The maximum absolute atomic E-state index is 13.6. The second-order valence-corrected chi connectivity index (χ2v) is 9.37. The molecule has 154 valence electrons. The van der Waals surface area contributed by atoms with Gasteiger partial charge in [0.15, 0.2) is 0 Å². The van der Waals surface area contributed by atoms with Gasteiger partial charge >= 0.3 is 5.97 Å². The van der Waals surface area contributed by atoms with Gasteiger partial charge < -0.3 is 4.74 Å². The molecule has 0 aromatic heterocycles. The van der Waals surface area contributed by atoms with Gasteiger partial charge in [-0.2, -0.15) is 0 Å². The quantitative estimate of drug-likeness (QED) is 0.676. The third kappa shape index (κ3) is 3.67. The normalized spacial score (nSPS) is 26.9. The minimum absolute atomic E-state index is 0.0983. The summed E-state index contributed by atoms with van der Waals surface area (Å²) in [7, 11) is 1.37. The smallest absolute Gasteiger partial charge is 0.336 e. The first kappa shape index (κ1) is 20.0. The summed E-state index contributed by atoms with van der Waals surface area (Å²) in [5.74, 6) is -1.40. The van der Waals surface area contributed by atoms with Crippen molar-refractivity contribution in [2.24, 2.45) is 22.2 Å². The Bertz CT molecular complexity index is 891. The number of aliphatic imine (C=N–C) groups is 1. The fourth-order valence-electron chi connectivity index (χ4n) is 5.34. The standard InChI is InChI=1S/C24H28FNO3/c1-24(2)12-17-20(18(27)13-24)19(14-8-10-16(25)11-9-14)21(23(28)29-3)22(26-17)15-6-4-5-7-15/h8-11,15,19-20H,4-7,12-13H2,1-3H3. The molecule has 2 aliphatic carbocycles. The lowest BCUT2D eigenvalue weighted by Gasteiger charge is -2.42. The Balaban J connectivity index is 1.93. The number of esters is 1. The van der Waals surface area contributed by atoms with Crippen molar-refractivity contribution in [3.63, 3.8) is 0 Å². The fourth-order valence-corrected chi connectivity index (χ4v) is 5.34. The summed E-state index contributed by atoms with van der Waals surface area (Å²) in [6.45, 7) is 4.18. The van der Waals surface area contributed by atoms with Crippen LogP contribution < -0.4 is 0 Å².